The van der Waals surface area contributed by atoms with Crippen LogP contribution >= 0.6 is 0 Å². The molecule has 164 valence electrons. The van der Waals surface area contributed by atoms with Gasteiger partial charge in [-0.1, -0.05) is 12.1 Å². The number of aromatic amines is 1. The number of fused-ring (bicyclic) bond motifs is 1. The summed E-state index contributed by atoms with van der Waals surface area (Å²) in [5, 5.41) is 3.91. The number of nitrogens with zero attached hydrogens (tertiary/aromatic N) is 3. The molecule has 2 aromatic heterocycles. The molecule has 4 rings (SSSR count). The Balaban J connectivity index is 1.59. The average molecular weight is 424 g/mol. The molecule has 1 fully saturated rings. The summed E-state index contributed by atoms with van der Waals surface area (Å²) in [7, 11) is 0. The van der Waals surface area contributed by atoms with E-state index in [1.165, 1.54) is 0 Å². The Hall–Kier alpha value is -3.13. The maximum Gasteiger partial charge on any atom is 0.407 e. The number of rotatable bonds is 5. The van der Waals surface area contributed by atoms with Crippen LogP contribution in [-0.2, 0) is 15.9 Å². The number of H-pyrrole nitrogens is 1. The van der Waals surface area contributed by atoms with Crippen LogP contribution in [0, 0.1) is 0 Å². The van der Waals surface area contributed by atoms with Gasteiger partial charge >= 0.3 is 6.09 Å². The van der Waals surface area contributed by atoms with Crippen LogP contribution in [0.5, 0.6) is 0 Å². The highest BCUT2D eigenvalue weighted by atomic mass is 16.6. The van der Waals surface area contributed by atoms with Gasteiger partial charge in [0.25, 0.3) is 0 Å². The topological polar surface area (TPSA) is 92.4 Å². The van der Waals surface area contributed by atoms with Crippen molar-refractivity contribution in [2.45, 2.75) is 32.8 Å². The Labute approximate surface area is 182 Å². The van der Waals surface area contributed by atoms with Crippen LogP contribution < -0.4 is 10.2 Å². The first-order chi connectivity index (χ1) is 14.9. The number of benzene rings is 1. The number of carbonyl (C=O) groups is 1. The number of ether oxygens (including phenoxy) is 2. The van der Waals surface area contributed by atoms with E-state index < -0.39 is 11.7 Å². The van der Waals surface area contributed by atoms with E-state index in [2.05, 4.69) is 33.4 Å². The third kappa shape index (κ3) is 5.32. The average Bonchev–Trinajstić information content (AvgIpc) is 3.22. The minimum absolute atomic E-state index is 0.398. The highest BCUT2D eigenvalue weighted by Gasteiger charge is 2.18. The molecule has 2 N–H and O–H groups in total. The van der Waals surface area contributed by atoms with Gasteiger partial charge in [0.05, 0.1) is 18.9 Å². The fourth-order valence-corrected chi connectivity index (χ4v) is 3.59. The van der Waals surface area contributed by atoms with Crippen molar-refractivity contribution in [3.8, 4) is 11.3 Å². The van der Waals surface area contributed by atoms with E-state index in [0.717, 1.165) is 41.1 Å². The summed E-state index contributed by atoms with van der Waals surface area (Å²) in [5.41, 5.74) is 2.46. The highest BCUT2D eigenvalue weighted by molar-refractivity contribution is 5.94. The zero-order valence-corrected chi connectivity index (χ0v) is 18.3. The Kier molecular flexibility index (Phi) is 6.08. The fraction of sp³-hybridized carbons (Fsp3) is 0.435. The van der Waals surface area contributed by atoms with Crippen molar-refractivity contribution in [3.05, 3.63) is 42.4 Å². The van der Waals surface area contributed by atoms with Crippen LogP contribution in [0.4, 0.5) is 10.6 Å². The molecule has 0 saturated carbocycles. The maximum absolute atomic E-state index is 12.0. The zero-order chi connectivity index (χ0) is 21.8. The molecule has 8 heteroatoms. The number of anilines is 1. The lowest BCUT2D eigenvalue weighted by Crippen LogP contribution is -2.37. The van der Waals surface area contributed by atoms with Crippen LogP contribution in [0.25, 0.3) is 22.2 Å². The van der Waals surface area contributed by atoms with Crippen molar-refractivity contribution in [2.24, 2.45) is 0 Å². The molecule has 1 aliphatic heterocycles. The molecule has 1 aliphatic rings. The molecule has 31 heavy (non-hydrogen) atoms. The first kappa shape index (κ1) is 21.1. The van der Waals surface area contributed by atoms with Gasteiger partial charge in [-0.3, -0.25) is 0 Å². The smallest absolute Gasteiger partial charge is 0.407 e. The summed E-state index contributed by atoms with van der Waals surface area (Å²) >= 11 is 0. The summed E-state index contributed by atoms with van der Waals surface area (Å²) < 4.78 is 10.8. The highest BCUT2D eigenvalue weighted by Crippen LogP contribution is 2.29. The maximum atomic E-state index is 12.0. The van der Waals surface area contributed by atoms with E-state index >= 15 is 0 Å². The van der Waals surface area contributed by atoms with Crippen molar-refractivity contribution in [1.29, 1.82) is 0 Å². The van der Waals surface area contributed by atoms with E-state index in [1.807, 2.05) is 39.1 Å². The van der Waals surface area contributed by atoms with E-state index in [0.29, 0.717) is 32.0 Å². The van der Waals surface area contributed by atoms with Gasteiger partial charge in [-0.2, -0.15) is 0 Å². The number of alkyl carbamates (subject to hydrolysis) is 1. The van der Waals surface area contributed by atoms with Crippen LogP contribution in [0.15, 0.2) is 36.5 Å². The second kappa shape index (κ2) is 8.93. The minimum atomic E-state index is -0.529. The summed E-state index contributed by atoms with van der Waals surface area (Å²) in [4.78, 5) is 27.0. The van der Waals surface area contributed by atoms with Crippen LogP contribution in [0.2, 0.25) is 0 Å². The molecule has 0 atom stereocenters. The quantitative estimate of drug-likeness (QED) is 0.652. The predicted molar refractivity (Wildman–Crippen MR) is 120 cm³/mol. The van der Waals surface area contributed by atoms with Crippen LogP contribution in [0.3, 0.4) is 0 Å². The van der Waals surface area contributed by atoms with Crippen molar-refractivity contribution in [1.82, 2.24) is 20.3 Å². The largest absolute Gasteiger partial charge is 0.444 e. The molecular formula is C23H29N5O3. The third-order valence-corrected chi connectivity index (χ3v) is 4.98. The van der Waals surface area contributed by atoms with Crippen molar-refractivity contribution < 1.29 is 14.3 Å². The zero-order valence-electron chi connectivity index (χ0n) is 18.3. The molecule has 1 amide bonds. The number of morpholine rings is 1. The van der Waals surface area contributed by atoms with Gasteiger partial charge in [0.1, 0.15) is 17.2 Å². The van der Waals surface area contributed by atoms with E-state index in [9.17, 15) is 4.79 Å². The normalized spacial score (nSPS) is 14.6. The number of aromatic nitrogens is 3. The molecule has 1 aromatic carbocycles. The van der Waals surface area contributed by atoms with E-state index in [-0.39, 0.29) is 0 Å². The number of hydrogen-bond donors (Lipinski definition) is 2. The van der Waals surface area contributed by atoms with E-state index in [1.54, 1.807) is 0 Å². The lowest BCUT2D eigenvalue weighted by molar-refractivity contribution is 0.0528. The van der Waals surface area contributed by atoms with Crippen molar-refractivity contribution in [3.63, 3.8) is 0 Å². The van der Waals surface area contributed by atoms with Crippen molar-refractivity contribution in [2.75, 3.05) is 37.7 Å². The summed E-state index contributed by atoms with van der Waals surface area (Å²) in [6.45, 7) is 8.88. The second-order valence-corrected chi connectivity index (χ2v) is 8.55. The number of carbonyl (C=O) groups excluding carboxylic acids is 1. The minimum Gasteiger partial charge on any atom is -0.444 e. The first-order valence-corrected chi connectivity index (χ1v) is 10.6. The molecule has 3 aromatic rings. The van der Waals surface area contributed by atoms with Gasteiger partial charge in [-0.05, 0) is 32.9 Å². The van der Waals surface area contributed by atoms with Gasteiger partial charge in [-0.25, -0.2) is 14.8 Å². The number of nitrogens with one attached hydrogen (secondary N) is 2. The van der Waals surface area contributed by atoms with Gasteiger partial charge < -0.3 is 24.7 Å². The second-order valence-electron chi connectivity index (χ2n) is 8.55. The SMILES string of the molecule is CC(C)(C)OC(=O)NCCc1nc(-c2cccc3[nH]ccc23)cc(N2CCOCC2)n1. The van der Waals surface area contributed by atoms with Crippen LogP contribution in [-0.4, -0.2) is 59.5 Å². The summed E-state index contributed by atoms with van der Waals surface area (Å²) in [5.74, 6) is 1.57. The van der Waals surface area contributed by atoms with Crippen LogP contribution in [0.1, 0.15) is 26.6 Å². The Morgan fingerprint density at radius 2 is 2.03 bits per heavy atom. The van der Waals surface area contributed by atoms with E-state index in [4.69, 9.17) is 19.4 Å². The molecule has 1 saturated heterocycles. The lowest BCUT2D eigenvalue weighted by Gasteiger charge is -2.28. The van der Waals surface area contributed by atoms with Gasteiger partial charge in [0, 0.05) is 54.8 Å². The summed E-state index contributed by atoms with van der Waals surface area (Å²) in [6.07, 6.45) is 2.01. The van der Waals surface area contributed by atoms with Gasteiger partial charge in [0.15, 0.2) is 0 Å². The monoisotopic (exact) mass is 423 g/mol. The molecule has 0 spiro atoms. The van der Waals surface area contributed by atoms with Crippen molar-refractivity contribution >= 4 is 22.8 Å². The Morgan fingerprint density at radius 1 is 1.23 bits per heavy atom. The first-order valence-electron chi connectivity index (χ1n) is 10.6. The Bertz CT molecular complexity index is 1050. The predicted octanol–water partition coefficient (Wildman–Crippen LogP) is 3.53. The summed E-state index contributed by atoms with van der Waals surface area (Å²) in [6, 6.07) is 10.2. The molecule has 0 unspecified atom stereocenters. The lowest BCUT2D eigenvalue weighted by atomic mass is 10.1. The standard InChI is InChI=1S/C23H29N5O3/c1-23(2,3)31-22(29)25-10-8-20-26-19(15-21(27-20)28-11-13-30-14-12-28)16-5-4-6-18-17(16)7-9-24-18/h4-7,9,15,24H,8,10-14H2,1-3H3,(H,25,29). The number of hydrogen-bond acceptors (Lipinski definition) is 6. The molecular weight excluding hydrogens is 394 g/mol. The third-order valence-electron chi connectivity index (χ3n) is 4.98. The molecule has 0 radical (unpaired) electrons. The van der Waals surface area contributed by atoms with Gasteiger partial charge in [0.2, 0.25) is 0 Å². The van der Waals surface area contributed by atoms with Gasteiger partial charge in [-0.15, -0.1) is 0 Å². The Morgan fingerprint density at radius 3 is 2.81 bits per heavy atom. The number of amides is 1. The molecule has 8 nitrogen and oxygen atoms in total. The molecule has 0 bridgehead atoms. The molecule has 3 heterocycles. The molecule has 0 aliphatic carbocycles. The fourth-order valence-electron chi connectivity index (χ4n) is 3.59.